The van der Waals surface area contributed by atoms with Crippen LogP contribution in [0.2, 0.25) is 15.1 Å². The average Bonchev–Trinajstić information content (AvgIpc) is 3.27. The standard InChI is InChI=1S/C25H20Cl3N5OS/c1-15-3-5-17(6-4-15)24-31-32-25(33(24)20-10-8-19(26)9-11-20)35-14-23(34)30-29-16(2)18-7-12-21(27)22(28)13-18/h3-13H,14H2,1-2H3,(H,30,34). The molecule has 0 aliphatic rings. The van der Waals surface area contributed by atoms with E-state index < -0.39 is 0 Å². The zero-order chi connectivity index (χ0) is 24.9. The van der Waals surface area contributed by atoms with Crippen LogP contribution in [-0.4, -0.2) is 32.1 Å². The summed E-state index contributed by atoms with van der Waals surface area (Å²) >= 11 is 19.4. The first-order valence-corrected chi connectivity index (χ1v) is 12.6. The third-order valence-corrected chi connectivity index (χ3v) is 6.97. The van der Waals surface area contributed by atoms with Crippen LogP contribution < -0.4 is 5.43 Å². The van der Waals surface area contributed by atoms with E-state index in [0.717, 1.165) is 22.4 Å². The molecule has 0 atom stereocenters. The maximum atomic E-state index is 12.5. The van der Waals surface area contributed by atoms with E-state index in [2.05, 4.69) is 20.7 Å². The molecule has 0 aliphatic carbocycles. The van der Waals surface area contributed by atoms with E-state index in [4.69, 9.17) is 34.8 Å². The predicted molar refractivity (Wildman–Crippen MR) is 144 cm³/mol. The molecule has 10 heteroatoms. The fraction of sp³-hybridized carbons (Fsp3) is 0.120. The lowest BCUT2D eigenvalue weighted by atomic mass is 10.1. The van der Waals surface area contributed by atoms with Crippen molar-refractivity contribution in [3.63, 3.8) is 0 Å². The fourth-order valence-corrected chi connectivity index (χ4v) is 4.34. The summed E-state index contributed by atoms with van der Waals surface area (Å²) in [6.45, 7) is 3.80. The van der Waals surface area contributed by atoms with Gasteiger partial charge in [-0.3, -0.25) is 9.36 Å². The van der Waals surface area contributed by atoms with Crippen LogP contribution in [0.25, 0.3) is 17.1 Å². The summed E-state index contributed by atoms with van der Waals surface area (Å²) in [5.41, 5.74) is 6.84. The molecule has 0 bridgehead atoms. The molecule has 178 valence electrons. The first kappa shape index (κ1) is 25.3. The van der Waals surface area contributed by atoms with Gasteiger partial charge >= 0.3 is 0 Å². The first-order valence-electron chi connectivity index (χ1n) is 10.5. The highest BCUT2D eigenvalue weighted by Crippen LogP contribution is 2.29. The lowest BCUT2D eigenvalue weighted by molar-refractivity contribution is -0.118. The monoisotopic (exact) mass is 543 g/mol. The number of hydrazone groups is 1. The van der Waals surface area contributed by atoms with Crippen LogP contribution in [0.5, 0.6) is 0 Å². The second-order valence-electron chi connectivity index (χ2n) is 7.63. The van der Waals surface area contributed by atoms with Crippen molar-refractivity contribution in [1.82, 2.24) is 20.2 Å². The minimum atomic E-state index is -0.281. The number of aromatic nitrogens is 3. The second-order valence-corrected chi connectivity index (χ2v) is 9.83. The van der Waals surface area contributed by atoms with E-state index in [9.17, 15) is 4.79 Å². The topological polar surface area (TPSA) is 72.2 Å². The molecule has 0 fully saturated rings. The maximum absolute atomic E-state index is 12.5. The molecule has 6 nitrogen and oxygen atoms in total. The van der Waals surface area contributed by atoms with E-state index in [0.29, 0.717) is 31.8 Å². The van der Waals surface area contributed by atoms with Crippen LogP contribution in [0.1, 0.15) is 18.1 Å². The van der Waals surface area contributed by atoms with Gasteiger partial charge in [-0.25, -0.2) is 5.43 Å². The number of hydrogen-bond acceptors (Lipinski definition) is 5. The Morgan fingerprint density at radius 1 is 0.971 bits per heavy atom. The summed E-state index contributed by atoms with van der Waals surface area (Å²) in [5, 5.41) is 15.0. The Hall–Kier alpha value is -2.84. The number of aryl methyl sites for hydroxylation is 1. The number of amides is 1. The Morgan fingerprint density at radius 2 is 1.69 bits per heavy atom. The van der Waals surface area contributed by atoms with Gasteiger partial charge in [-0.15, -0.1) is 10.2 Å². The normalized spacial score (nSPS) is 11.5. The number of carbonyl (C=O) groups excluding carboxylic acids is 1. The predicted octanol–water partition coefficient (Wildman–Crippen LogP) is 6.84. The van der Waals surface area contributed by atoms with Crippen molar-refractivity contribution in [1.29, 1.82) is 0 Å². The lowest BCUT2D eigenvalue weighted by Gasteiger charge is -2.10. The maximum Gasteiger partial charge on any atom is 0.250 e. The molecule has 0 saturated heterocycles. The van der Waals surface area contributed by atoms with Crippen molar-refractivity contribution in [2.24, 2.45) is 5.10 Å². The van der Waals surface area contributed by atoms with Gasteiger partial charge in [0, 0.05) is 16.3 Å². The minimum absolute atomic E-state index is 0.0950. The number of nitrogens with one attached hydrogen (secondary N) is 1. The van der Waals surface area contributed by atoms with Crippen molar-refractivity contribution in [2.75, 3.05) is 5.75 Å². The summed E-state index contributed by atoms with van der Waals surface area (Å²) < 4.78 is 1.91. The summed E-state index contributed by atoms with van der Waals surface area (Å²) in [6.07, 6.45) is 0. The van der Waals surface area contributed by atoms with Crippen LogP contribution in [0.4, 0.5) is 0 Å². The molecule has 1 N–H and O–H groups in total. The third kappa shape index (κ3) is 6.24. The van der Waals surface area contributed by atoms with Crippen molar-refractivity contribution in [2.45, 2.75) is 19.0 Å². The summed E-state index contributed by atoms with van der Waals surface area (Å²) in [6, 6.07) is 20.6. The van der Waals surface area contributed by atoms with Gasteiger partial charge < -0.3 is 0 Å². The van der Waals surface area contributed by atoms with Crippen LogP contribution in [0.3, 0.4) is 0 Å². The quantitative estimate of drug-likeness (QED) is 0.157. The second kappa shape index (κ2) is 11.3. The highest BCUT2D eigenvalue weighted by molar-refractivity contribution is 7.99. The number of rotatable bonds is 7. The van der Waals surface area contributed by atoms with E-state index in [-0.39, 0.29) is 11.7 Å². The van der Waals surface area contributed by atoms with Crippen LogP contribution in [0, 0.1) is 6.92 Å². The van der Waals surface area contributed by atoms with Crippen molar-refractivity contribution < 1.29 is 4.79 Å². The number of benzene rings is 3. The van der Waals surface area contributed by atoms with E-state index in [1.54, 1.807) is 37.3 Å². The summed E-state index contributed by atoms with van der Waals surface area (Å²) in [7, 11) is 0. The number of halogens is 3. The highest BCUT2D eigenvalue weighted by atomic mass is 35.5. The Balaban J connectivity index is 1.52. The highest BCUT2D eigenvalue weighted by Gasteiger charge is 2.17. The summed E-state index contributed by atoms with van der Waals surface area (Å²) in [5.74, 6) is 0.485. The Morgan fingerprint density at radius 3 is 2.37 bits per heavy atom. The van der Waals surface area contributed by atoms with Crippen molar-refractivity contribution >= 4 is 58.2 Å². The average molecular weight is 545 g/mol. The van der Waals surface area contributed by atoms with Gasteiger partial charge in [0.25, 0.3) is 5.91 Å². The lowest BCUT2D eigenvalue weighted by Crippen LogP contribution is -2.21. The van der Waals surface area contributed by atoms with Gasteiger partial charge in [0.15, 0.2) is 11.0 Å². The fourth-order valence-electron chi connectivity index (χ4n) is 3.17. The number of carbonyl (C=O) groups is 1. The van der Waals surface area contributed by atoms with Gasteiger partial charge in [0.2, 0.25) is 0 Å². The third-order valence-electron chi connectivity index (χ3n) is 5.05. The molecule has 0 aliphatic heterocycles. The van der Waals surface area contributed by atoms with E-state index in [1.165, 1.54) is 11.8 Å². The van der Waals surface area contributed by atoms with Gasteiger partial charge in [0.05, 0.1) is 21.5 Å². The molecule has 1 heterocycles. The Labute approximate surface area is 222 Å². The molecule has 3 aromatic carbocycles. The zero-order valence-electron chi connectivity index (χ0n) is 18.8. The van der Waals surface area contributed by atoms with Crippen molar-refractivity contribution in [3.05, 3.63) is 92.9 Å². The van der Waals surface area contributed by atoms with Crippen LogP contribution >= 0.6 is 46.6 Å². The number of nitrogens with zero attached hydrogens (tertiary/aromatic N) is 4. The first-order chi connectivity index (χ1) is 16.8. The Bertz CT molecular complexity index is 1390. The molecular weight excluding hydrogens is 525 g/mol. The number of thioether (sulfide) groups is 1. The molecule has 4 rings (SSSR count). The van der Waals surface area contributed by atoms with Gasteiger partial charge in [-0.1, -0.05) is 82.5 Å². The largest absolute Gasteiger partial charge is 0.272 e. The SMILES string of the molecule is CC(=NNC(=O)CSc1nnc(-c2ccc(C)cc2)n1-c1ccc(Cl)cc1)c1ccc(Cl)c(Cl)c1. The molecule has 0 radical (unpaired) electrons. The molecular formula is C25H20Cl3N5OS. The van der Waals surface area contributed by atoms with E-state index in [1.807, 2.05) is 47.9 Å². The van der Waals surface area contributed by atoms with E-state index >= 15 is 0 Å². The van der Waals surface area contributed by atoms with Gasteiger partial charge in [-0.05, 0) is 55.8 Å². The van der Waals surface area contributed by atoms with Gasteiger partial charge in [0.1, 0.15) is 0 Å². The van der Waals surface area contributed by atoms with Crippen LogP contribution in [-0.2, 0) is 4.79 Å². The van der Waals surface area contributed by atoms with Gasteiger partial charge in [-0.2, -0.15) is 5.10 Å². The molecule has 4 aromatic rings. The molecule has 1 aromatic heterocycles. The smallest absolute Gasteiger partial charge is 0.250 e. The minimum Gasteiger partial charge on any atom is -0.272 e. The Kier molecular flexibility index (Phi) is 8.13. The van der Waals surface area contributed by atoms with Crippen molar-refractivity contribution in [3.8, 4) is 17.1 Å². The van der Waals surface area contributed by atoms with Crippen LogP contribution in [0.15, 0.2) is 77.0 Å². The molecule has 0 unspecified atom stereocenters. The molecule has 35 heavy (non-hydrogen) atoms. The zero-order valence-corrected chi connectivity index (χ0v) is 21.9. The molecule has 0 spiro atoms. The molecule has 0 saturated carbocycles. The summed E-state index contributed by atoms with van der Waals surface area (Å²) in [4.78, 5) is 12.5. The number of hydrogen-bond donors (Lipinski definition) is 1. The molecule has 1 amide bonds.